The van der Waals surface area contributed by atoms with Gasteiger partial charge in [-0.3, -0.25) is 0 Å². The smallest absolute Gasteiger partial charge is 0.0101 e. The number of hydrogen-bond donors (Lipinski definition) is 0. The Hall–Kier alpha value is 0.350. The fourth-order valence-corrected chi connectivity index (χ4v) is 8.84. The SMILES string of the molecule is CSC1CCC2C3CCC4CCCCC4(C)C3CCC12C. The Morgan fingerprint density at radius 3 is 2.38 bits per heavy atom. The molecule has 0 saturated heterocycles. The van der Waals surface area contributed by atoms with Crippen molar-refractivity contribution in [2.75, 3.05) is 6.26 Å². The molecule has 21 heavy (non-hydrogen) atoms. The summed E-state index contributed by atoms with van der Waals surface area (Å²) in [4.78, 5) is 0. The van der Waals surface area contributed by atoms with Crippen LogP contribution in [0, 0.1) is 34.5 Å². The van der Waals surface area contributed by atoms with Gasteiger partial charge in [-0.25, -0.2) is 0 Å². The minimum absolute atomic E-state index is 0.679. The highest BCUT2D eigenvalue weighted by Gasteiger charge is 2.59. The van der Waals surface area contributed by atoms with E-state index in [1.54, 1.807) is 38.5 Å². The molecule has 0 aromatic rings. The highest BCUT2D eigenvalue weighted by atomic mass is 32.2. The van der Waals surface area contributed by atoms with E-state index in [1.807, 2.05) is 0 Å². The molecule has 0 radical (unpaired) electrons. The van der Waals surface area contributed by atoms with Crippen molar-refractivity contribution in [1.82, 2.24) is 0 Å². The van der Waals surface area contributed by atoms with Crippen molar-refractivity contribution in [3.63, 3.8) is 0 Å². The zero-order valence-corrected chi connectivity index (χ0v) is 15.2. The molecule has 4 aliphatic carbocycles. The Bertz CT molecular complexity index is 405. The average Bonchev–Trinajstić information content (AvgIpc) is 2.83. The van der Waals surface area contributed by atoms with Gasteiger partial charge in [0.1, 0.15) is 0 Å². The van der Waals surface area contributed by atoms with Crippen molar-refractivity contribution in [3.8, 4) is 0 Å². The maximum Gasteiger partial charge on any atom is 0.0101 e. The summed E-state index contributed by atoms with van der Waals surface area (Å²) in [6, 6.07) is 0. The van der Waals surface area contributed by atoms with Crippen molar-refractivity contribution in [2.24, 2.45) is 34.5 Å². The first-order valence-corrected chi connectivity index (χ1v) is 10.9. The van der Waals surface area contributed by atoms with Crippen LogP contribution in [0.1, 0.15) is 78.1 Å². The summed E-state index contributed by atoms with van der Waals surface area (Å²) in [7, 11) is 0. The number of rotatable bonds is 1. The Labute approximate surface area is 136 Å². The van der Waals surface area contributed by atoms with E-state index in [1.165, 1.54) is 25.7 Å². The van der Waals surface area contributed by atoms with Gasteiger partial charge in [-0.1, -0.05) is 26.7 Å². The molecule has 0 nitrogen and oxygen atoms in total. The fraction of sp³-hybridized carbons (Fsp3) is 1.00. The third-order valence-corrected chi connectivity index (χ3v) is 10.1. The summed E-state index contributed by atoms with van der Waals surface area (Å²) in [6.45, 7) is 5.37. The first-order chi connectivity index (χ1) is 10.1. The van der Waals surface area contributed by atoms with Crippen molar-refractivity contribution in [3.05, 3.63) is 0 Å². The molecule has 7 atom stereocenters. The van der Waals surface area contributed by atoms with Crippen LogP contribution in [0.15, 0.2) is 0 Å². The van der Waals surface area contributed by atoms with Crippen LogP contribution in [0.25, 0.3) is 0 Å². The largest absolute Gasteiger partial charge is 0.161 e. The quantitative estimate of drug-likeness (QED) is 0.560. The maximum absolute atomic E-state index is 2.71. The Morgan fingerprint density at radius 1 is 0.762 bits per heavy atom. The van der Waals surface area contributed by atoms with Crippen LogP contribution in [-0.2, 0) is 0 Å². The summed E-state index contributed by atoms with van der Waals surface area (Å²) < 4.78 is 0. The number of thioether (sulfide) groups is 1. The Morgan fingerprint density at radius 2 is 1.57 bits per heavy atom. The first-order valence-electron chi connectivity index (χ1n) is 9.62. The van der Waals surface area contributed by atoms with Gasteiger partial charge in [-0.15, -0.1) is 0 Å². The molecule has 4 rings (SSSR count). The molecule has 0 spiro atoms. The minimum Gasteiger partial charge on any atom is -0.161 e. The van der Waals surface area contributed by atoms with E-state index in [4.69, 9.17) is 0 Å². The van der Waals surface area contributed by atoms with Gasteiger partial charge >= 0.3 is 0 Å². The zero-order valence-electron chi connectivity index (χ0n) is 14.4. The molecule has 4 aliphatic rings. The first kappa shape index (κ1) is 14.9. The molecule has 120 valence electrons. The minimum atomic E-state index is 0.679. The summed E-state index contributed by atoms with van der Waals surface area (Å²) in [5, 5.41) is 0.959. The van der Waals surface area contributed by atoms with Gasteiger partial charge in [0.15, 0.2) is 0 Å². The van der Waals surface area contributed by atoms with Crippen molar-refractivity contribution in [1.29, 1.82) is 0 Å². The van der Waals surface area contributed by atoms with Crippen molar-refractivity contribution < 1.29 is 0 Å². The van der Waals surface area contributed by atoms with Crippen molar-refractivity contribution in [2.45, 2.75) is 83.3 Å². The molecule has 4 fully saturated rings. The third-order valence-electron chi connectivity index (χ3n) is 8.78. The van der Waals surface area contributed by atoms with E-state index in [0.29, 0.717) is 5.41 Å². The van der Waals surface area contributed by atoms with Gasteiger partial charge in [0.2, 0.25) is 0 Å². The van der Waals surface area contributed by atoms with Crippen LogP contribution in [0.3, 0.4) is 0 Å². The molecular formula is C20H34S. The predicted octanol–water partition coefficient (Wildman–Crippen LogP) is 6.15. The lowest BCUT2D eigenvalue weighted by Gasteiger charge is -2.60. The zero-order chi connectivity index (χ0) is 14.7. The third kappa shape index (κ3) is 2.01. The van der Waals surface area contributed by atoms with Gasteiger partial charge in [0.05, 0.1) is 0 Å². The normalized spacial score (nSPS) is 56.4. The molecule has 7 unspecified atom stereocenters. The van der Waals surface area contributed by atoms with Gasteiger partial charge < -0.3 is 0 Å². The lowest BCUT2D eigenvalue weighted by Crippen LogP contribution is -2.53. The van der Waals surface area contributed by atoms with E-state index >= 15 is 0 Å². The average molecular weight is 307 g/mol. The molecule has 0 aromatic carbocycles. The van der Waals surface area contributed by atoms with Crippen molar-refractivity contribution >= 4 is 11.8 Å². The molecule has 0 N–H and O–H groups in total. The molecule has 4 saturated carbocycles. The monoisotopic (exact) mass is 306 g/mol. The standard InChI is InChI=1S/C20H34S/c1-19-12-5-4-6-14(19)7-8-15-16-9-10-18(21-3)20(16,2)13-11-17(15)19/h14-18H,4-13H2,1-3H3. The van der Waals surface area contributed by atoms with Crippen LogP contribution >= 0.6 is 11.8 Å². The second kappa shape index (κ2) is 5.18. The summed E-state index contributed by atoms with van der Waals surface area (Å²) >= 11 is 2.18. The summed E-state index contributed by atoms with van der Waals surface area (Å²) in [5.41, 5.74) is 1.40. The van der Waals surface area contributed by atoms with Gasteiger partial charge in [0.25, 0.3) is 0 Å². The van der Waals surface area contributed by atoms with Gasteiger partial charge in [-0.05, 0) is 92.1 Å². The van der Waals surface area contributed by atoms with E-state index in [9.17, 15) is 0 Å². The molecule has 0 heterocycles. The molecule has 0 aromatic heterocycles. The van der Waals surface area contributed by atoms with E-state index < -0.39 is 0 Å². The van der Waals surface area contributed by atoms with E-state index in [2.05, 4.69) is 31.9 Å². The number of fused-ring (bicyclic) bond motifs is 5. The molecular weight excluding hydrogens is 272 g/mol. The highest BCUT2D eigenvalue weighted by molar-refractivity contribution is 7.99. The van der Waals surface area contributed by atoms with Crippen LogP contribution in [-0.4, -0.2) is 11.5 Å². The second-order valence-corrected chi connectivity index (χ2v) is 10.3. The van der Waals surface area contributed by atoms with Crippen LogP contribution in [0.5, 0.6) is 0 Å². The van der Waals surface area contributed by atoms with Gasteiger partial charge in [0, 0.05) is 5.25 Å². The Kier molecular flexibility index (Phi) is 3.68. The molecule has 0 amide bonds. The topological polar surface area (TPSA) is 0 Å². The van der Waals surface area contributed by atoms with E-state index in [0.717, 1.165) is 34.3 Å². The molecule has 0 aliphatic heterocycles. The Balaban J connectivity index is 1.62. The predicted molar refractivity (Wildman–Crippen MR) is 93.6 cm³/mol. The highest BCUT2D eigenvalue weighted by Crippen LogP contribution is 2.67. The van der Waals surface area contributed by atoms with E-state index in [-0.39, 0.29) is 0 Å². The lowest BCUT2D eigenvalue weighted by molar-refractivity contribution is -0.102. The van der Waals surface area contributed by atoms with Crippen LogP contribution < -0.4 is 0 Å². The maximum atomic E-state index is 2.71. The van der Waals surface area contributed by atoms with Crippen LogP contribution in [0.4, 0.5) is 0 Å². The second-order valence-electron chi connectivity index (χ2n) is 9.25. The number of hydrogen-bond acceptors (Lipinski definition) is 1. The lowest BCUT2D eigenvalue weighted by atomic mass is 9.45. The molecule has 1 heteroatoms. The summed E-state index contributed by atoms with van der Waals surface area (Å²) in [5.74, 6) is 4.30. The summed E-state index contributed by atoms with van der Waals surface area (Å²) in [6.07, 6.45) is 17.8. The molecule has 0 bridgehead atoms. The fourth-order valence-electron chi connectivity index (χ4n) is 7.63. The van der Waals surface area contributed by atoms with Gasteiger partial charge in [-0.2, -0.15) is 11.8 Å². The van der Waals surface area contributed by atoms with Crippen LogP contribution in [0.2, 0.25) is 0 Å².